The zero-order chi connectivity index (χ0) is 17.7. The van der Waals surface area contributed by atoms with Gasteiger partial charge in [-0.15, -0.1) is 0 Å². The number of aliphatic hydroxyl groups excluding tert-OH is 1. The van der Waals surface area contributed by atoms with Crippen LogP contribution in [0.5, 0.6) is 0 Å². The van der Waals surface area contributed by atoms with Crippen molar-refractivity contribution in [3.8, 4) is 0 Å². The monoisotopic (exact) mass is 346 g/mol. The van der Waals surface area contributed by atoms with Crippen molar-refractivity contribution in [2.45, 2.75) is 53.4 Å². The van der Waals surface area contributed by atoms with Crippen molar-refractivity contribution in [1.82, 2.24) is 4.98 Å². The first kappa shape index (κ1) is 17.0. The number of ketones is 2. The highest BCUT2D eigenvalue weighted by atomic mass is 32.1. The number of allylic oxidation sites excluding steroid dienone is 2. The van der Waals surface area contributed by atoms with Gasteiger partial charge in [-0.1, -0.05) is 39.0 Å². The van der Waals surface area contributed by atoms with Gasteiger partial charge in [-0.3, -0.25) is 9.59 Å². The van der Waals surface area contributed by atoms with E-state index in [1.54, 1.807) is 0 Å². The summed E-state index contributed by atoms with van der Waals surface area (Å²) < 4.78 is 0. The predicted molar refractivity (Wildman–Crippen MR) is 94.4 cm³/mol. The van der Waals surface area contributed by atoms with Gasteiger partial charge in [-0.25, -0.2) is 9.98 Å². The van der Waals surface area contributed by atoms with Crippen molar-refractivity contribution in [3.63, 3.8) is 0 Å². The molecule has 0 saturated heterocycles. The number of hydrogen-bond donors (Lipinski definition) is 1. The molecular formula is C18H22N2O3S. The van der Waals surface area contributed by atoms with Crippen molar-refractivity contribution in [1.29, 1.82) is 0 Å². The Bertz CT molecular complexity index is 784. The molecule has 3 rings (SSSR count). The molecule has 0 fully saturated rings. The summed E-state index contributed by atoms with van der Waals surface area (Å²) >= 11 is 1.26. The first-order valence-electron chi connectivity index (χ1n) is 8.09. The largest absolute Gasteiger partial charge is 0.511 e. The summed E-state index contributed by atoms with van der Waals surface area (Å²) in [5.41, 5.74) is 0.749. The molecule has 0 bridgehead atoms. The van der Waals surface area contributed by atoms with Crippen molar-refractivity contribution in [2.75, 3.05) is 0 Å². The van der Waals surface area contributed by atoms with E-state index in [2.05, 4.69) is 23.8 Å². The first-order valence-corrected chi connectivity index (χ1v) is 8.90. The van der Waals surface area contributed by atoms with Crippen LogP contribution in [-0.4, -0.2) is 27.9 Å². The quantitative estimate of drug-likeness (QED) is 0.814. The number of carbonyl (C=O) groups excluding carboxylic acids is 2. The Kier molecular flexibility index (Phi) is 3.98. The van der Waals surface area contributed by atoms with E-state index >= 15 is 0 Å². The summed E-state index contributed by atoms with van der Waals surface area (Å²) in [4.78, 5) is 33.8. The summed E-state index contributed by atoms with van der Waals surface area (Å²) in [5.74, 6) is 0.0855. The molecule has 1 aromatic rings. The molecule has 1 heterocycles. The molecule has 0 amide bonds. The number of aromatic nitrogens is 1. The standard InChI is InChI=1S/C18H22N2O3S/c1-17(2)5-11-15(14(23)8-17)24-16(20-11)19-9-10-12(21)6-18(3,4)7-13(10)22/h9,21H,5-8H2,1-4H3. The average molecular weight is 346 g/mol. The van der Waals surface area contributed by atoms with E-state index in [0.29, 0.717) is 29.3 Å². The van der Waals surface area contributed by atoms with E-state index in [1.807, 2.05) is 13.8 Å². The lowest BCUT2D eigenvalue weighted by Crippen LogP contribution is -2.26. The Morgan fingerprint density at radius 2 is 1.67 bits per heavy atom. The van der Waals surface area contributed by atoms with Crippen LogP contribution in [0.15, 0.2) is 16.3 Å². The van der Waals surface area contributed by atoms with E-state index in [0.717, 1.165) is 12.1 Å². The van der Waals surface area contributed by atoms with Crippen molar-refractivity contribution in [3.05, 3.63) is 21.9 Å². The Balaban J connectivity index is 1.87. The van der Waals surface area contributed by atoms with Crippen LogP contribution in [0, 0.1) is 10.8 Å². The van der Waals surface area contributed by atoms with Gasteiger partial charge in [0.1, 0.15) is 5.76 Å². The normalized spacial score (nSPS) is 23.0. The van der Waals surface area contributed by atoms with Crippen molar-refractivity contribution >= 4 is 34.2 Å². The second kappa shape index (κ2) is 5.62. The minimum Gasteiger partial charge on any atom is -0.511 e. The number of fused-ring (bicyclic) bond motifs is 1. The Hall–Kier alpha value is -1.82. The van der Waals surface area contributed by atoms with Gasteiger partial charge in [-0.05, 0) is 17.3 Å². The van der Waals surface area contributed by atoms with Crippen LogP contribution in [0.1, 0.15) is 62.3 Å². The summed E-state index contributed by atoms with van der Waals surface area (Å²) in [6.07, 6.45) is 3.51. The molecule has 24 heavy (non-hydrogen) atoms. The van der Waals surface area contributed by atoms with Crippen LogP contribution >= 0.6 is 11.3 Å². The summed E-state index contributed by atoms with van der Waals surface area (Å²) in [7, 11) is 0. The molecule has 1 N–H and O–H groups in total. The second-order valence-electron chi connectivity index (χ2n) is 8.27. The highest BCUT2D eigenvalue weighted by Crippen LogP contribution is 2.39. The topological polar surface area (TPSA) is 79.6 Å². The lowest BCUT2D eigenvalue weighted by molar-refractivity contribution is -0.117. The minimum atomic E-state index is -0.225. The molecule has 2 aliphatic carbocycles. The van der Waals surface area contributed by atoms with Crippen LogP contribution < -0.4 is 0 Å². The molecule has 2 aliphatic rings. The molecule has 0 aromatic carbocycles. The van der Waals surface area contributed by atoms with Gasteiger partial charge in [0.25, 0.3) is 0 Å². The number of thiazole rings is 1. The fraction of sp³-hybridized carbons (Fsp3) is 0.556. The Morgan fingerprint density at radius 1 is 1.04 bits per heavy atom. The summed E-state index contributed by atoms with van der Waals surface area (Å²) in [6.45, 7) is 8.03. The average Bonchev–Trinajstić information content (AvgIpc) is 2.77. The number of aliphatic hydroxyl groups is 1. The van der Waals surface area contributed by atoms with Crippen LogP contribution in [-0.2, 0) is 11.2 Å². The molecule has 1 aromatic heterocycles. The van der Waals surface area contributed by atoms with E-state index < -0.39 is 0 Å². The van der Waals surface area contributed by atoms with Crippen molar-refractivity contribution in [2.24, 2.45) is 15.8 Å². The molecule has 0 unspecified atom stereocenters. The molecular weight excluding hydrogens is 324 g/mol. The highest BCUT2D eigenvalue weighted by Gasteiger charge is 2.34. The maximum Gasteiger partial charge on any atom is 0.210 e. The molecule has 0 aliphatic heterocycles. The third-order valence-corrected chi connectivity index (χ3v) is 5.47. The molecule has 5 nitrogen and oxygen atoms in total. The van der Waals surface area contributed by atoms with Crippen LogP contribution in [0.4, 0.5) is 5.13 Å². The van der Waals surface area contributed by atoms with Crippen LogP contribution in [0.25, 0.3) is 0 Å². The molecule has 0 saturated carbocycles. The Labute approximate surface area is 145 Å². The van der Waals surface area contributed by atoms with Gasteiger partial charge >= 0.3 is 0 Å². The molecule has 0 spiro atoms. The third-order valence-electron chi connectivity index (χ3n) is 4.42. The van der Waals surface area contributed by atoms with E-state index in [4.69, 9.17) is 0 Å². The fourth-order valence-electron chi connectivity index (χ4n) is 3.33. The van der Waals surface area contributed by atoms with Gasteiger partial charge < -0.3 is 5.11 Å². The lowest BCUT2D eigenvalue weighted by atomic mass is 9.77. The number of carbonyl (C=O) groups is 2. The van der Waals surface area contributed by atoms with Gasteiger partial charge in [0.05, 0.1) is 16.1 Å². The predicted octanol–water partition coefficient (Wildman–Crippen LogP) is 4.20. The van der Waals surface area contributed by atoms with Gasteiger partial charge in [-0.2, -0.15) is 0 Å². The zero-order valence-electron chi connectivity index (χ0n) is 14.5. The molecule has 6 heteroatoms. The maximum absolute atomic E-state index is 12.2. The SMILES string of the molecule is CC1(C)CC(=O)C(C=Nc2nc3c(s2)C(=O)CC(C)(C)C3)=C(O)C1. The first-order chi connectivity index (χ1) is 11.1. The molecule has 128 valence electrons. The zero-order valence-corrected chi connectivity index (χ0v) is 15.3. The summed E-state index contributed by atoms with van der Waals surface area (Å²) in [5, 5.41) is 10.6. The van der Waals surface area contributed by atoms with Crippen LogP contribution in [0.2, 0.25) is 0 Å². The van der Waals surface area contributed by atoms with Gasteiger partial charge in [0.15, 0.2) is 11.6 Å². The Morgan fingerprint density at radius 3 is 2.33 bits per heavy atom. The second-order valence-corrected chi connectivity index (χ2v) is 9.25. The number of nitrogens with zero attached hydrogens (tertiary/aromatic N) is 2. The molecule has 0 radical (unpaired) electrons. The molecule has 0 atom stereocenters. The minimum absolute atomic E-state index is 0.0785. The lowest BCUT2D eigenvalue weighted by Gasteiger charge is -2.28. The van der Waals surface area contributed by atoms with E-state index in [9.17, 15) is 14.7 Å². The maximum atomic E-state index is 12.2. The van der Waals surface area contributed by atoms with E-state index in [1.165, 1.54) is 17.6 Å². The van der Waals surface area contributed by atoms with Gasteiger partial charge in [0.2, 0.25) is 5.13 Å². The smallest absolute Gasteiger partial charge is 0.210 e. The number of hydrogen-bond acceptors (Lipinski definition) is 6. The van der Waals surface area contributed by atoms with Crippen molar-refractivity contribution < 1.29 is 14.7 Å². The number of aliphatic imine (C=N–C) groups is 1. The third kappa shape index (κ3) is 3.34. The highest BCUT2D eigenvalue weighted by molar-refractivity contribution is 7.17. The van der Waals surface area contributed by atoms with Gasteiger partial charge in [0, 0.05) is 25.5 Å². The van der Waals surface area contributed by atoms with Crippen LogP contribution in [0.3, 0.4) is 0 Å². The fourth-order valence-corrected chi connectivity index (χ4v) is 4.20. The number of Topliss-reactive ketones (excluding diaryl/α,β-unsaturated/α-hetero) is 2. The van der Waals surface area contributed by atoms with E-state index in [-0.39, 0.29) is 33.7 Å². The summed E-state index contributed by atoms with van der Waals surface area (Å²) in [6, 6.07) is 0. The number of rotatable bonds is 2.